The molecule has 11 heteroatoms. The first kappa shape index (κ1) is 29.8. The number of aliphatic hydroxyl groups is 1. The first-order chi connectivity index (χ1) is 19.8. The van der Waals surface area contributed by atoms with Crippen LogP contribution in [0.4, 0.5) is 17.6 Å². The first-order valence-electron chi connectivity index (χ1n) is 13.7. The Labute approximate surface area is 241 Å². The van der Waals surface area contributed by atoms with E-state index in [4.69, 9.17) is 9.47 Å². The van der Waals surface area contributed by atoms with Gasteiger partial charge in [0, 0.05) is 23.1 Å². The van der Waals surface area contributed by atoms with Crippen LogP contribution in [0.15, 0.2) is 54.6 Å². The average molecular weight is 588 g/mol. The standard InChI is InChI=1S/C31H33F4N3O4/c1-29(12-13-38(2)18-29)21-15-24(19-4-7-22(32)8-5-19)37-27(16-21)30(40,31(33,34)35)17-36-28(39)20-6-11-25(26(14-20)41-3)42-23-9-10-23/h4-8,11,14-16,23,40H,9-10,12-13,17-18H2,1-3H3,(H,36,39). The molecule has 2 unspecified atom stereocenters. The normalized spacial score (nSPS) is 20.7. The van der Waals surface area contributed by atoms with Gasteiger partial charge in [-0.05, 0) is 93.0 Å². The summed E-state index contributed by atoms with van der Waals surface area (Å²) in [5, 5.41) is 13.5. The molecular formula is C31H33F4N3O4. The lowest BCUT2D eigenvalue weighted by Gasteiger charge is -2.33. The topological polar surface area (TPSA) is 83.9 Å². The number of ether oxygens (including phenoxy) is 2. The molecule has 2 fully saturated rings. The highest BCUT2D eigenvalue weighted by atomic mass is 19.4. The minimum Gasteiger partial charge on any atom is -0.493 e. The Balaban J connectivity index is 1.49. The molecule has 1 amide bonds. The maximum atomic E-state index is 14.7. The van der Waals surface area contributed by atoms with Crippen molar-refractivity contribution in [3.8, 4) is 22.8 Å². The van der Waals surface area contributed by atoms with Crippen LogP contribution in [-0.4, -0.2) is 67.0 Å². The van der Waals surface area contributed by atoms with Gasteiger partial charge >= 0.3 is 6.18 Å². The third-order valence-corrected chi connectivity index (χ3v) is 7.97. The van der Waals surface area contributed by atoms with Crippen LogP contribution in [0.5, 0.6) is 11.5 Å². The minimum atomic E-state index is -5.20. The quantitative estimate of drug-likeness (QED) is 0.335. The first-order valence-corrected chi connectivity index (χ1v) is 13.7. The molecule has 2 N–H and O–H groups in total. The largest absolute Gasteiger partial charge is 0.493 e. The van der Waals surface area contributed by atoms with E-state index < -0.39 is 41.2 Å². The van der Waals surface area contributed by atoms with Crippen LogP contribution < -0.4 is 14.8 Å². The van der Waals surface area contributed by atoms with Crippen molar-refractivity contribution in [2.45, 2.75) is 49.5 Å². The smallest absolute Gasteiger partial charge is 0.424 e. The van der Waals surface area contributed by atoms with Crippen molar-refractivity contribution in [2.75, 3.05) is 33.8 Å². The number of nitrogens with one attached hydrogen (secondary N) is 1. The number of likely N-dealkylation sites (N-methyl/N-ethyl adjacent to an activating group) is 1. The van der Waals surface area contributed by atoms with Crippen molar-refractivity contribution in [1.82, 2.24) is 15.2 Å². The zero-order valence-electron chi connectivity index (χ0n) is 23.6. The number of alkyl halides is 3. The molecule has 2 aromatic carbocycles. The van der Waals surface area contributed by atoms with Crippen LogP contribution in [0.25, 0.3) is 11.3 Å². The zero-order valence-corrected chi connectivity index (χ0v) is 23.6. The number of pyridine rings is 1. The number of rotatable bonds is 9. The Morgan fingerprint density at radius 1 is 1.12 bits per heavy atom. The Morgan fingerprint density at radius 3 is 2.43 bits per heavy atom. The molecule has 7 nitrogen and oxygen atoms in total. The summed E-state index contributed by atoms with van der Waals surface area (Å²) in [7, 11) is 3.33. The average Bonchev–Trinajstić information content (AvgIpc) is 3.71. The SMILES string of the molecule is COc1cc(C(=O)NCC(O)(c2cc(C3(C)CCN(C)C3)cc(-c3ccc(F)cc3)n2)C(F)(F)F)ccc1OC1CC1. The second-order valence-corrected chi connectivity index (χ2v) is 11.4. The highest BCUT2D eigenvalue weighted by Crippen LogP contribution is 2.42. The highest BCUT2D eigenvalue weighted by Gasteiger charge is 2.57. The molecule has 2 aliphatic rings. The number of nitrogens with zero attached hydrogens (tertiary/aromatic N) is 2. The maximum absolute atomic E-state index is 14.7. The number of carbonyl (C=O) groups is 1. The second-order valence-electron chi connectivity index (χ2n) is 11.4. The summed E-state index contributed by atoms with van der Waals surface area (Å²) in [6.45, 7) is 2.09. The molecule has 2 atom stereocenters. The molecular weight excluding hydrogens is 554 g/mol. The van der Waals surface area contributed by atoms with Gasteiger partial charge in [0.1, 0.15) is 5.82 Å². The van der Waals surface area contributed by atoms with Gasteiger partial charge in [-0.3, -0.25) is 4.79 Å². The number of hydrogen-bond donors (Lipinski definition) is 2. The summed E-state index contributed by atoms with van der Waals surface area (Å²) >= 11 is 0. The lowest BCUT2D eigenvalue weighted by atomic mass is 9.80. The number of aromatic nitrogens is 1. The van der Waals surface area contributed by atoms with E-state index in [-0.39, 0.29) is 23.1 Å². The van der Waals surface area contributed by atoms with E-state index in [2.05, 4.69) is 15.2 Å². The molecule has 1 aliphatic carbocycles. The molecule has 42 heavy (non-hydrogen) atoms. The lowest BCUT2D eigenvalue weighted by molar-refractivity contribution is -0.265. The van der Waals surface area contributed by atoms with E-state index in [1.807, 2.05) is 14.0 Å². The summed E-state index contributed by atoms with van der Waals surface area (Å²) in [6, 6.07) is 12.5. The Hall–Kier alpha value is -3.70. The number of methoxy groups -OCH3 is 1. The van der Waals surface area contributed by atoms with Crippen LogP contribution in [0.2, 0.25) is 0 Å². The molecule has 1 aromatic heterocycles. The predicted octanol–water partition coefficient (Wildman–Crippen LogP) is 5.21. The van der Waals surface area contributed by atoms with Crippen molar-refractivity contribution in [2.24, 2.45) is 0 Å². The molecule has 5 rings (SSSR count). The maximum Gasteiger partial charge on any atom is 0.424 e. The number of hydrogen-bond acceptors (Lipinski definition) is 6. The molecule has 0 bridgehead atoms. The summed E-state index contributed by atoms with van der Waals surface area (Å²) in [5.41, 5.74) is -3.55. The molecule has 3 aromatic rings. The van der Waals surface area contributed by atoms with E-state index in [0.717, 1.165) is 19.4 Å². The molecule has 0 radical (unpaired) electrons. The lowest BCUT2D eigenvalue weighted by Crippen LogP contribution is -2.51. The van der Waals surface area contributed by atoms with Gasteiger partial charge in [0.2, 0.25) is 5.60 Å². The van der Waals surface area contributed by atoms with Crippen molar-refractivity contribution >= 4 is 5.91 Å². The van der Waals surface area contributed by atoms with Crippen molar-refractivity contribution < 1.29 is 36.9 Å². The molecule has 2 heterocycles. The van der Waals surface area contributed by atoms with Crippen LogP contribution >= 0.6 is 0 Å². The fourth-order valence-electron chi connectivity index (χ4n) is 5.20. The Kier molecular flexibility index (Phi) is 7.93. The van der Waals surface area contributed by atoms with Gasteiger partial charge in [-0.2, -0.15) is 13.2 Å². The fraction of sp³-hybridized carbons (Fsp3) is 0.419. The van der Waals surface area contributed by atoms with Crippen molar-refractivity contribution in [1.29, 1.82) is 0 Å². The monoisotopic (exact) mass is 587 g/mol. The van der Waals surface area contributed by atoms with Gasteiger partial charge in [-0.25, -0.2) is 9.37 Å². The van der Waals surface area contributed by atoms with Crippen LogP contribution in [0.3, 0.4) is 0 Å². The Bertz CT molecular complexity index is 1460. The van der Waals surface area contributed by atoms with Gasteiger partial charge in [0.05, 0.1) is 31.1 Å². The van der Waals surface area contributed by atoms with E-state index in [1.165, 1.54) is 55.6 Å². The number of benzene rings is 2. The minimum absolute atomic E-state index is 0.0368. The van der Waals surface area contributed by atoms with Crippen LogP contribution in [0.1, 0.15) is 47.8 Å². The van der Waals surface area contributed by atoms with Crippen molar-refractivity contribution in [3.63, 3.8) is 0 Å². The second kappa shape index (κ2) is 11.2. The van der Waals surface area contributed by atoms with E-state index in [1.54, 1.807) is 6.07 Å². The summed E-state index contributed by atoms with van der Waals surface area (Å²) in [4.78, 5) is 19.3. The number of likely N-dealkylation sites (tertiary alicyclic amines) is 1. The molecule has 1 saturated heterocycles. The van der Waals surface area contributed by atoms with Gasteiger partial charge < -0.3 is 24.8 Å². The van der Waals surface area contributed by atoms with Gasteiger partial charge in [-0.15, -0.1) is 0 Å². The van der Waals surface area contributed by atoms with Crippen LogP contribution in [0, 0.1) is 5.82 Å². The predicted molar refractivity (Wildman–Crippen MR) is 148 cm³/mol. The van der Waals surface area contributed by atoms with Gasteiger partial charge in [0.25, 0.3) is 5.91 Å². The third kappa shape index (κ3) is 6.07. The van der Waals surface area contributed by atoms with Crippen molar-refractivity contribution in [3.05, 3.63) is 77.2 Å². The summed E-state index contributed by atoms with van der Waals surface area (Å²) in [6.07, 6.45) is -2.61. The molecule has 224 valence electrons. The third-order valence-electron chi connectivity index (χ3n) is 7.97. The summed E-state index contributed by atoms with van der Waals surface area (Å²) < 4.78 is 68.7. The number of carbonyl (C=O) groups excluding carboxylic acids is 1. The molecule has 1 aliphatic heterocycles. The summed E-state index contributed by atoms with van der Waals surface area (Å²) in [5.74, 6) is -0.636. The van der Waals surface area contributed by atoms with Gasteiger partial charge in [0.15, 0.2) is 11.5 Å². The fourth-order valence-corrected chi connectivity index (χ4v) is 5.20. The molecule has 0 spiro atoms. The number of amides is 1. The van der Waals surface area contributed by atoms with E-state index >= 15 is 0 Å². The molecule has 1 saturated carbocycles. The van der Waals surface area contributed by atoms with E-state index in [9.17, 15) is 27.5 Å². The van der Waals surface area contributed by atoms with E-state index in [0.29, 0.717) is 29.8 Å². The van der Waals surface area contributed by atoms with Gasteiger partial charge in [-0.1, -0.05) is 6.92 Å². The highest BCUT2D eigenvalue weighted by molar-refractivity contribution is 5.95. The Morgan fingerprint density at radius 2 is 1.83 bits per heavy atom. The number of halogens is 4. The zero-order chi connectivity index (χ0) is 30.3. The van der Waals surface area contributed by atoms with Crippen LogP contribution in [-0.2, 0) is 11.0 Å².